The summed E-state index contributed by atoms with van der Waals surface area (Å²) in [7, 11) is 0. The molecule has 0 aromatic heterocycles. The molecule has 234 valence electrons. The second-order valence-corrected chi connectivity index (χ2v) is 9.43. The predicted molar refractivity (Wildman–Crippen MR) is 167 cm³/mol. The van der Waals surface area contributed by atoms with E-state index in [1.54, 1.807) is 54.6 Å². The normalized spacial score (nSPS) is 10.5. The van der Waals surface area contributed by atoms with Crippen LogP contribution in [0.2, 0.25) is 0 Å². The molecule has 0 aliphatic heterocycles. The third-order valence-corrected chi connectivity index (χ3v) is 6.06. The van der Waals surface area contributed by atoms with Crippen molar-refractivity contribution >= 4 is 30.0 Å². The smallest absolute Gasteiger partial charge is 0.502 e. The second kappa shape index (κ2) is 18.1. The zero-order chi connectivity index (χ0) is 32.4. The highest BCUT2D eigenvalue weighted by molar-refractivity contribution is 6.07. The number of rotatable bonds is 17. The van der Waals surface area contributed by atoms with E-state index in [-0.39, 0.29) is 25.6 Å². The maximum Gasteiger partial charge on any atom is 0.513 e. The van der Waals surface area contributed by atoms with Crippen LogP contribution in [0.1, 0.15) is 35.2 Å². The van der Waals surface area contributed by atoms with Crippen LogP contribution in [0.4, 0.5) is 4.79 Å². The lowest BCUT2D eigenvalue weighted by Crippen LogP contribution is -2.12. The molecule has 45 heavy (non-hydrogen) atoms. The molecule has 0 radical (unpaired) electrons. The number of unbranched alkanes of at least 4 members (excludes halogenated alkanes) is 1. The number of aliphatic hydroxyl groups excluding tert-OH is 1. The minimum Gasteiger partial charge on any atom is -0.502 e. The Balaban J connectivity index is 1.40. The van der Waals surface area contributed by atoms with Gasteiger partial charge in [0.15, 0.2) is 11.5 Å². The van der Waals surface area contributed by atoms with Crippen molar-refractivity contribution in [3.8, 4) is 22.6 Å². The van der Waals surface area contributed by atoms with E-state index in [1.807, 2.05) is 24.3 Å². The second-order valence-electron chi connectivity index (χ2n) is 9.43. The molecule has 0 aliphatic rings. The molecule has 0 saturated carbocycles. The lowest BCUT2D eigenvalue weighted by atomic mass is 10.0. The lowest BCUT2D eigenvalue weighted by Gasteiger charge is -2.08. The first kappa shape index (κ1) is 33.9. The topological polar surface area (TPSA) is 135 Å². The van der Waals surface area contributed by atoms with Crippen molar-refractivity contribution in [2.45, 2.75) is 19.3 Å². The highest BCUT2D eigenvalue weighted by atomic mass is 16.7. The lowest BCUT2D eigenvalue weighted by molar-refractivity contribution is -0.142. The van der Waals surface area contributed by atoms with Crippen LogP contribution in [-0.4, -0.2) is 55.4 Å². The fraction of sp³-hybridized carbons (Fsp3) is 0.200. The molecule has 0 bridgehead atoms. The summed E-state index contributed by atoms with van der Waals surface area (Å²) < 4.78 is 25.4. The summed E-state index contributed by atoms with van der Waals surface area (Å²) in [5, 5.41) is 8.90. The third-order valence-electron chi connectivity index (χ3n) is 6.06. The monoisotopic (exact) mass is 614 g/mol. The van der Waals surface area contributed by atoms with E-state index in [2.05, 4.69) is 13.2 Å². The highest BCUT2D eigenvalue weighted by Gasteiger charge is 2.08. The molecule has 3 aromatic rings. The van der Waals surface area contributed by atoms with Crippen molar-refractivity contribution in [2.24, 2.45) is 0 Å². The van der Waals surface area contributed by atoms with Gasteiger partial charge in [0.2, 0.25) is 0 Å². The van der Waals surface area contributed by atoms with Crippen molar-refractivity contribution in [2.75, 3.05) is 26.4 Å². The van der Waals surface area contributed by atoms with E-state index in [0.717, 1.165) is 22.8 Å². The Morgan fingerprint density at radius 2 is 1.27 bits per heavy atom. The van der Waals surface area contributed by atoms with Gasteiger partial charge in [-0.15, -0.1) is 0 Å². The van der Waals surface area contributed by atoms with Crippen LogP contribution in [0.3, 0.4) is 0 Å². The van der Waals surface area contributed by atoms with E-state index >= 15 is 0 Å². The molecular weight excluding hydrogens is 580 g/mol. The van der Waals surface area contributed by atoms with Gasteiger partial charge in [0.1, 0.15) is 11.5 Å². The molecule has 10 heteroatoms. The Hall–Kier alpha value is -5.64. The largest absolute Gasteiger partial charge is 0.513 e. The van der Waals surface area contributed by atoms with Gasteiger partial charge in [-0.3, -0.25) is 4.79 Å². The van der Waals surface area contributed by atoms with Gasteiger partial charge in [-0.1, -0.05) is 61.2 Å². The van der Waals surface area contributed by atoms with Crippen LogP contribution in [0.25, 0.3) is 17.2 Å². The van der Waals surface area contributed by atoms with E-state index in [0.29, 0.717) is 42.9 Å². The molecule has 0 heterocycles. The third kappa shape index (κ3) is 12.2. The van der Waals surface area contributed by atoms with Gasteiger partial charge in [-0.25, -0.2) is 14.4 Å². The summed E-state index contributed by atoms with van der Waals surface area (Å²) >= 11 is 0. The fourth-order valence-corrected chi connectivity index (χ4v) is 3.70. The molecule has 10 nitrogen and oxygen atoms in total. The van der Waals surface area contributed by atoms with Crippen LogP contribution in [0.15, 0.2) is 104 Å². The standard InChI is InChI=1S/C35H34O10/c1-3-33(38)42-21-4-5-22-44-35(40)45-31-18-14-28(15-19-31)27-10-12-29(13-11-27)32(37)20-9-26-7-16-30(17-8-26)41-23-6-24-43-34(39)25(2)36/h3,7-20,36H,1-2,4-6,21-24H2/b20-9+. The molecule has 0 atom stereocenters. The quantitative estimate of drug-likeness (QED) is 0.0335. The van der Waals surface area contributed by atoms with Gasteiger partial charge < -0.3 is 28.8 Å². The van der Waals surface area contributed by atoms with Crippen molar-refractivity contribution in [1.29, 1.82) is 0 Å². The van der Waals surface area contributed by atoms with Crippen LogP contribution < -0.4 is 9.47 Å². The molecule has 0 fully saturated rings. The molecular formula is C35H34O10. The molecule has 1 N–H and O–H groups in total. The Morgan fingerprint density at radius 1 is 0.689 bits per heavy atom. The molecule has 0 amide bonds. The maximum atomic E-state index is 12.7. The van der Waals surface area contributed by atoms with Crippen molar-refractivity contribution < 1.29 is 48.0 Å². The Labute approximate surface area is 261 Å². The van der Waals surface area contributed by atoms with Crippen LogP contribution in [0, 0.1) is 0 Å². The summed E-state index contributed by atoms with van der Waals surface area (Å²) in [6, 6.07) is 21.2. The number of ketones is 1. The van der Waals surface area contributed by atoms with Crippen LogP contribution >= 0.6 is 0 Å². The van der Waals surface area contributed by atoms with Gasteiger partial charge in [0, 0.05) is 18.1 Å². The number of hydrogen-bond donors (Lipinski definition) is 1. The number of aliphatic hydroxyl groups is 1. The number of allylic oxidation sites excluding steroid dienone is 1. The minimum atomic E-state index is -0.855. The summed E-state index contributed by atoms with van der Waals surface area (Å²) in [5.41, 5.74) is 3.11. The molecule has 0 unspecified atom stereocenters. The van der Waals surface area contributed by atoms with Gasteiger partial charge >= 0.3 is 18.1 Å². The molecule has 3 aromatic carbocycles. The first-order valence-corrected chi connectivity index (χ1v) is 14.1. The van der Waals surface area contributed by atoms with E-state index < -0.39 is 23.9 Å². The van der Waals surface area contributed by atoms with Crippen molar-refractivity contribution in [3.63, 3.8) is 0 Å². The predicted octanol–water partition coefficient (Wildman–Crippen LogP) is 6.66. The van der Waals surface area contributed by atoms with E-state index in [9.17, 15) is 19.2 Å². The zero-order valence-corrected chi connectivity index (χ0v) is 24.6. The van der Waals surface area contributed by atoms with Crippen molar-refractivity contribution in [3.05, 3.63) is 115 Å². The molecule has 0 spiro atoms. The Kier molecular flexibility index (Phi) is 13.6. The summed E-state index contributed by atoms with van der Waals surface area (Å²) in [4.78, 5) is 46.7. The Morgan fingerprint density at radius 3 is 1.89 bits per heavy atom. The fourth-order valence-electron chi connectivity index (χ4n) is 3.70. The van der Waals surface area contributed by atoms with Gasteiger partial charge in [-0.2, -0.15) is 0 Å². The highest BCUT2D eigenvalue weighted by Crippen LogP contribution is 2.23. The SMILES string of the molecule is C=CC(=O)OCCCCOC(=O)Oc1ccc(-c2ccc(C(=O)/C=C/c3ccc(OCCCOC(=O)C(=C)O)cc3)cc2)cc1. The number of esters is 2. The average molecular weight is 615 g/mol. The summed E-state index contributed by atoms with van der Waals surface area (Å²) in [5.74, 6) is -1.18. The van der Waals surface area contributed by atoms with Crippen molar-refractivity contribution in [1.82, 2.24) is 0 Å². The van der Waals surface area contributed by atoms with Crippen LogP contribution in [-0.2, 0) is 23.8 Å². The molecule has 0 aliphatic carbocycles. The average Bonchev–Trinajstić information content (AvgIpc) is 3.05. The number of carbonyl (C=O) groups excluding carboxylic acids is 4. The molecule has 3 rings (SSSR count). The first-order chi connectivity index (χ1) is 21.7. The number of ether oxygens (including phenoxy) is 5. The first-order valence-electron chi connectivity index (χ1n) is 14.1. The summed E-state index contributed by atoms with van der Waals surface area (Å²) in [6.07, 6.45) is 4.99. The van der Waals surface area contributed by atoms with E-state index in [1.165, 1.54) is 6.08 Å². The van der Waals surface area contributed by atoms with Gasteiger partial charge in [0.05, 0.1) is 26.4 Å². The van der Waals surface area contributed by atoms with E-state index in [4.69, 9.17) is 28.8 Å². The number of benzene rings is 3. The Bertz CT molecular complexity index is 1490. The zero-order valence-electron chi connectivity index (χ0n) is 24.6. The number of hydrogen-bond acceptors (Lipinski definition) is 10. The minimum absolute atomic E-state index is 0.101. The summed E-state index contributed by atoms with van der Waals surface area (Å²) in [6.45, 7) is 7.18. The maximum absolute atomic E-state index is 12.7. The van der Waals surface area contributed by atoms with Gasteiger partial charge in [0.25, 0.3) is 0 Å². The van der Waals surface area contributed by atoms with Gasteiger partial charge in [-0.05, 0) is 66.5 Å². The molecule has 0 saturated heterocycles. The number of carbonyl (C=O) groups is 4. The van der Waals surface area contributed by atoms with Crippen LogP contribution in [0.5, 0.6) is 11.5 Å².